The lowest BCUT2D eigenvalue weighted by atomic mass is 9.78. The van der Waals surface area contributed by atoms with Gasteiger partial charge < -0.3 is 15.3 Å². The Hall–Kier alpha value is -2.37. The normalized spacial score (nSPS) is 19.3. The second-order valence-electron chi connectivity index (χ2n) is 7.19. The number of carbonyl (C=O) groups is 3. The molecule has 2 atom stereocenters. The van der Waals surface area contributed by atoms with Gasteiger partial charge in [0.2, 0.25) is 5.91 Å². The summed E-state index contributed by atoms with van der Waals surface area (Å²) in [5.41, 5.74) is 1.18. The van der Waals surface area contributed by atoms with E-state index in [0.29, 0.717) is 24.1 Å². The summed E-state index contributed by atoms with van der Waals surface area (Å²) in [6.07, 6.45) is 4.69. The molecule has 148 valence electrons. The number of carboxylic acids is 1. The Balaban J connectivity index is 2.03. The lowest BCUT2D eigenvalue weighted by molar-refractivity contribution is -0.147. The summed E-state index contributed by atoms with van der Waals surface area (Å²) in [7, 11) is 0. The molecule has 6 nitrogen and oxygen atoms in total. The van der Waals surface area contributed by atoms with Gasteiger partial charge in [-0.3, -0.25) is 14.4 Å². The van der Waals surface area contributed by atoms with Crippen molar-refractivity contribution in [1.82, 2.24) is 4.90 Å². The number of anilines is 1. The lowest BCUT2D eigenvalue weighted by Gasteiger charge is -2.27. The van der Waals surface area contributed by atoms with Crippen LogP contribution in [0.5, 0.6) is 0 Å². The van der Waals surface area contributed by atoms with Crippen molar-refractivity contribution in [3.63, 3.8) is 0 Å². The fraction of sp³-hybridized carbons (Fsp3) is 0.571. The van der Waals surface area contributed by atoms with Crippen LogP contribution in [-0.4, -0.2) is 40.9 Å². The second kappa shape index (κ2) is 10.1. The molecular weight excluding hydrogens is 344 g/mol. The quantitative estimate of drug-likeness (QED) is 0.725. The number of nitrogens with one attached hydrogen (secondary N) is 1. The largest absolute Gasteiger partial charge is 0.481 e. The van der Waals surface area contributed by atoms with Crippen molar-refractivity contribution in [2.75, 3.05) is 18.4 Å². The Labute approximate surface area is 160 Å². The smallest absolute Gasteiger partial charge is 0.307 e. The molecule has 0 radical (unpaired) electrons. The third kappa shape index (κ3) is 5.55. The zero-order valence-corrected chi connectivity index (χ0v) is 16.2. The molecule has 1 fully saturated rings. The Morgan fingerprint density at radius 1 is 1.00 bits per heavy atom. The number of benzene rings is 1. The second-order valence-corrected chi connectivity index (χ2v) is 7.19. The molecule has 1 aliphatic carbocycles. The van der Waals surface area contributed by atoms with Crippen molar-refractivity contribution in [3.05, 3.63) is 29.8 Å². The van der Waals surface area contributed by atoms with Crippen LogP contribution in [0, 0.1) is 11.8 Å². The molecule has 0 unspecified atom stereocenters. The molecule has 6 heteroatoms. The van der Waals surface area contributed by atoms with Crippen molar-refractivity contribution < 1.29 is 19.5 Å². The molecule has 0 heterocycles. The predicted molar refractivity (Wildman–Crippen MR) is 105 cm³/mol. The highest BCUT2D eigenvalue weighted by molar-refractivity contribution is 5.97. The number of aliphatic carboxylic acids is 1. The zero-order valence-electron chi connectivity index (χ0n) is 16.2. The van der Waals surface area contributed by atoms with E-state index >= 15 is 0 Å². The number of carboxylic acid groups (broad SMARTS) is 1. The van der Waals surface area contributed by atoms with Crippen molar-refractivity contribution in [2.24, 2.45) is 11.8 Å². The van der Waals surface area contributed by atoms with Gasteiger partial charge in [0, 0.05) is 24.3 Å². The molecule has 0 bridgehead atoms. The van der Waals surface area contributed by atoms with Crippen LogP contribution in [0.4, 0.5) is 5.69 Å². The van der Waals surface area contributed by atoms with Crippen LogP contribution in [0.3, 0.4) is 0 Å². The highest BCUT2D eigenvalue weighted by Gasteiger charge is 2.35. The van der Waals surface area contributed by atoms with Gasteiger partial charge in [0.05, 0.1) is 11.8 Å². The summed E-state index contributed by atoms with van der Waals surface area (Å²) in [6, 6.07) is 6.84. The summed E-state index contributed by atoms with van der Waals surface area (Å²) in [6.45, 7) is 5.54. The van der Waals surface area contributed by atoms with Gasteiger partial charge in [-0.15, -0.1) is 0 Å². The summed E-state index contributed by atoms with van der Waals surface area (Å²) in [5, 5.41) is 12.2. The van der Waals surface area contributed by atoms with E-state index in [1.807, 2.05) is 18.7 Å². The first-order valence-electron chi connectivity index (χ1n) is 9.90. The van der Waals surface area contributed by atoms with Crippen LogP contribution < -0.4 is 5.32 Å². The van der Waals surface area contributed by atoms with E-state index in [2.05, 4.69) is 5.32 Å². The topological polar surface area (TPSA) is 86.7 Å². The Morgan fingerprint density at radius 3 is 2.07 bits per heavy atom. The Kier molecular flexibility index (Phi) is 7.82. The molecule has 0 saturated heterocycles. The van der Waals surface area contributed by atoms with Gasteiger partial charge in [-0.2, -0.15) is 0 Å². The summed E-state index contributed by atoms with van der Waals surface area (Å²) < 4.78 is 0. The molecule has 0 aromatic heterocycles. The molecule has 27 heavy (non-hydrogen) atoms. The number of amides is 2. The van der Waals surface area contributed by atoms with E-state index in [9.17, 15) is 19.5 Å². The molecule has 2 amide bonds. The van der Waals surface area contributed by atoms with Crippen LogP contribution in [0.25, 0.3) is 0 Å². The third-order valence-electron chi connectivity index (χ3n) is 5.09. The van der Waals surface area contributed by atoms with Crippen molar-refractivity contribution >= 4 is 23.5 Å². The summed E-state index contributed by atoms with van der Waals surface area (Å²) >= 11 is 0. The minimum absolute atomic E-state index is 0.00482. The fourth-order valence-electron chi connectivity index (χ4n) is 3.71. The fourth-order valence-corrected chi connectivity index (χ4v) is 3.71. The van der Waals surface area contributed by atoms with E-state index in [-0.39, 0.29) is 11.8 Å². The van der Waals surface area contributed by atoms with Crippen molar-refractivity contribution in [1.29, 1.82) is 0 Å². The van der Waals surface area contributed by atoms with Gasteiger partial charge in [-0.1, -0.05) is 26.7 Å². The van der Waals surface area contributed by atoms with Crippen LogP contribution in [-0.2, 0) is 9.59 Å². The Morgan fingerprint density at radius 2 is 1.56 bits per heavy atom. The standard InChI is InChI=1S/C21H30N2O4/c1-3-13-23(14-4-2)20(25)15-9-11-16(12-10-15)22-19(24)17-7-5-6-8-18(17)21(26)27/h9-12,17-18H,3-8,13-14H2,1-2H3,(H,22,24)(H,26,27)/t17-,18-/m0/s1. The molecule has 2 N–H and O–H groups in total. The van der Waals surface area contributed by atoms with Gasteiger partial charge in [0.15, 0.2) is 0 Å². The van der Waals surface area contributed by atoms with Gasteiger partial charge in [0.1, 0.15) is 0 Å². The first-order chi connectivity index (χ1) is 13.0. The van der Waals surface area contributed by atoms with Crippen LogP contribution in [0.2, 0.25) is 0 Å². The molecular formula is C21H30N2O4. The van der Waals surface area contributed by atoms with E-state index in [0.717, 1.165) is 38.8 Å². The average molecular weight is 374 g/mol. The van der Waals surface area contributed by atoms with Crippen LogP contribution in [0.1, 0.15) is 62.7 Å². The van der Waals surface area contributed by atoms with Gasteiger partial charge in [0.25, 0.3) is 5.91 Å². The van der Waals surface area contributed by atoms with E-state index < -0.39 is 17.8 Å². The van der Waals surface area contributed by atoms with Crippen molar-refractivity contribution in [3.8, 4) is 0 Å². The molecule has 1 aromatic carbocycles. The Bertz CT molecular complexity index is 651. The number of rotatable bonds is 8. The molecule has 1 aliphatic rings. The average Bonchev–Trinajstić information content (AvgIpc) is 2.67. The third-order valence-corrected chi connectivity index (χ3v) is 5.09. The minimum atomic E-state index is -0.900. The van der Waals surface area contributed by atoms with Gasteiger partial charge >= 0.3 is 5.97 Å². The maximum Gasteiger partial charge on any atom is 0.307 e. The molecule has 0 aliphatic heterocycles. The monoisotopic (exact) mass is 374 g/mol. The lowest BCUT2D eigenvalue weighted by Crippen LogP contribution is -2.36. The summed E-state index contributed by atoms with van der Waals surface area (Å²) in [5.74, 6) is -2.27. The highest BCUT2D eigenvalue weighted by atomic mass is 16.4. The highest BCUT2D eigenvalue weighted by Crippen LogP contribution is 2.31. The summed E-state index contributed by atoms with van der Waals surface area (Å²) in [4.78, 5) is 38.4. The maximum absolute atomic E-state index is 12.6. The number of hydrogen-bond donors (Lipinski definition) is 2. The minimum Gasteiger partial charge on any atom is -0.481 e. The van der Waals surface area contributed by atoms with Crippen molar-refractivity contribution in [2.45, 2.75) is 52.4 Å². The van der Waals surface area contributed by atoms with Crippen LogP contribution >= 0.6 is 0 Å². The zero-order chi connectivity index (χ0) is 19.8. The number of carbonyl (C=O) groups excluding carboxylic acids is 2. The van der Waals surface area contributed by atoms with E-state index in [1.54, 1.807) is 24.3 Å². The predicted octanol–water partition coefficient (Wildman–Crippen LogP) is 3.78. The van der Waals surface area contributed by atoms with E-state index in [4.69, 9.17) is 0 Å². The molecule has 1 saturated carbocycles. The first-order valence-corrected chi connectivity index (χ1v) is 9.90. The molecule has 2 rings (SSSR count). The van der Waals surface area contributed by atoms with E-state index in [1.165, 1.54) is 0 Å². The molecule has 1 aromatic rings. The van der Waals surface area contributed by atoms with Crippen LogP contribution in [0.15, 0.2) is 24.3 Å². The van der Waals surface area contributed by atoms with Gasteiger partial charge in [-0.25, -0.2) is 0 Å². The first kappa shape index (κ1) is 20.9. The number of nitrogens with zero attached hydrogens (tertiary/aromatic N) is 1. The number of hydrogen-bond acceptors (Lipinski definition) is 3. The van der Waals surface area contributed by atoms with Gasteiger partial charge in [-0.05, 0) is 49.9 Å². The SMILES string of the molecule is CCCN(CCC)C(=O)c1ccc(NC(=O)[C@H]2CCCC[C@@H]2C(=O)O)cc1. The molecule has 0 spiro atoms. The maximum atomic E-state index is 12.6.